The predicted octanol–water partition coefficient (Wildman–Crippen LogP) is 1.19. The lowest BCUT2D eigenvalue weighted by atomic mass is 10.7. The van der Waals surface area contributed by atoms with E-state index in [0.717, 1.165) is 0 Å². The zero-order valence-corrected chi connectivity index (χ0v) is 6.53. The van der Waals surface area contributed by atoms with Gasteiger partial charge >= 0.3 is 0 Å². The predicted molar refractivity (Wildman–Crippen MR) is 37.6 cm³/mol. The molecular formula is C4H2BrClN2O. The number of nitrogens with zero attached hydrogens (tertiary/aromatic N) is 1. The van der Waals surface area contributed by atoms with Gasteiger partial charge in [0.25, 0.3) is 5.56 Å². The SMILES string of the molecule is O=c1[nH]cc(Br)nc1Cl. The van der Waals surface area contributed by atoms with E-state index >= 15 is 0 Å². The highest BCUT2D eigenvalue weighted by atomic mass is 79.9. The Morgan fingerprint density at radius 3 is 2.89 bits per heavy atom. The van der Waals surface area contributed by atoms with Gasteiger partial charge in [-0.2, -0.15) is 0 Å². The van der Waals surface area contributed by atoms with Crippen LogP contribution in [0.5, 0.6) is 0 Å². The standard InChI is InChI=1S/C4H2BrClN2O/c5-2-1-7-4(9)3(6)8-2/h1H,(H,7,9). The van der Waals surface area contributed by atoms with Crippen LogP contribution < -0.4 is 5.56 Å². The average molecular weight is 209 g/mol. The Labute approximate surface area is 64.2 Å². The van der Waals surface area contributed by atoms with Crippen LogP contribution in [0.3, 0.4) is 0 Å². The fourth-order valence-electron chi connectivity index (χ4n) is 0.361. The smallest absolute Gasteiger partial charge is 0.285 e. The normalized spacial score (nSPS) is 9.56. The third-order valence-electron chi connectivity index (χ3n) is 0.715. The summed E-state index contributed by atoms with van der Waals surface area (Å²) in [5.74, 6) is 0. The van der Waals surface area contributed by atoms with Crippen molar-refractivity contribution in [3.63, 3.8) is 0 Å². The molecule has 1 aromatic rings. The number of aromatic nitrogens is 2. The van der Waals surface area contributed by atoms with E-state index in [9.17, 15) is 4.79 Å². The fraction of sp³-hybridized carbons (Fsp3) is 0. The van der Waals surface area contributed by atoms with Crippen molar-refractivity contribution in [1.29, 1.82) is 0 Å². The maximum Gasteiger partial charge on any atom is 0.285 e. The summed E-state index contributed by atoms with van der Waals surface area (Å²) in [6.07, 6.45) is 1.42. The molecule has 0 atom stereocenters. The molecule has 0 aliphatic heterocycles. The van der Waals surface area contributed by atoms with E-state index in [1.54, 1.807) is 0 Å². The molecule has 1 N–H and O–H groups in total. The van der Waals surface area contributed by atoms with Crippen molar-refractivity contribution in [2.75, 3.05) is 0 Å². The van der Waals surface area contributed by atoms with Crippen LogP contribution in [0.2, 0.25) is 5.15 Å². The Kier molecular flexibility index (Phi) is 1.87. The van der Waals surface area contributed by atoms with Crippen molar-refractivity contribution < 1.29 is 0 Å². The highest BCUT2D eigenvalue weighted by Crippen LogP contribution is 2.03. The maximum absolute atomic E-state index is 10.5. The highest BCUT2D eigenvalue weighted by Gasteiger charge is 1.94. The van der Waals surface area contributed by atoms with Crippen molar-refractivity contribution in [1.82, 2.24) is 9.97 Å². The number of hydrogen-bond donors (Lipinski definition) is 1. The summed E-state index contributed by atoms with van der Waals surface area (Å²) in [7, 11) is 0. The zero-order valence-electron chi connectivity index (χ0n) is 4.19. The number of halogens is 2. The molecule has 0 spiro atoms. The Bertz CT molecular complexity index is 272. The lowest BCUT2D eigenvalue weighted by molar-refractivity contribution is 1.11. The molecule has 0 unspecified atom stereocenters. The highest BCUT2D eigenvalue weighted by molar-refractivity contribution is 9.10. The third kappa shape index (κ3) is 1.53. The van der Waals surface area contributed by atoms with Gasteiger partial charge in [-0.25, -0.2) is 4.98 Å². The minimum Gasteiger partial charge on any atom is -0.324 e. The molecule has 0 radical (unpaired) electrons. The van der Waals surface area contributed by atoms with Gasteiger partial charge in [-0.15, -0.1) is 0 Å². The lowest BCUT2D eigenvalue weighted by Gasteiger charge is -1.86. The number of rotatable bonds is 0. The molecule has 0 saturated heterocycles. The molecule has 0 fully saturated rings. The third-order valence-corrected chi connectivity index (χ3v) is 1.38. The maximum atomic E-state index is 10.5. The number of H-pyrrole nitrogens is 1. The van der Waals surface area contributed by atoms with E-state index in [1.165, 1.54) is 6.20 Å². The van der Waals surface area contributed by atoms with Crippen molar-refractivity contribution in [3.8, 4) is 0 Å². The first kappa shape index (κ1) is 6.77. The van der Waals surface area contributed by atoms with Crippen molar-refractivity contribution in [3.05, 3.63) is 26.3 Å². The van der Waals surface area contributed by atoms with Gasteiger partial charge < -0.3 is 4.98 Å². The van der Waals surface area contributed by atoms with E-state index < -0.39 is 0 Å². The molecule has 0 bridgehead atoms. The van der Waals surface area contributed by atoms with Crippen LogP contribution in [-0.2, 0) is 0 Å². The summed E-state index contributed by atoms with van der Waals surface area (Å²) in [6.45, 7) is 0. The van der Waals surface area contributed by atoms with Crippen LogP contribution in [0, 0.1) is 0 Å². The average Bonchev–Trinajstić information content (AvgIpc) is 1.80. The van der Waals surface area contributed by atoms with Gasteiger partial charge in [-0.3, -0.25) is 4.79 Å². The first-order chi connectivity index (χ1) is 4.20. The Balaban J connectivity index is 3.34. The van der Waals surface area contributed by atoms with E-state index in [0.29, 0.717) is 4.60 Å². The minimum absolute atomic E-state index is 0.0515. The minimum atomic E-state index is -0.375. The molecule has 0 amide bonds. The van der Waals surface area contributed by atoms with Crippen LogP contribution in [0.25, 0.3) is 0 Å². The molecule has 5 heteroatoms. The van der Waals surface area contributed by atoms with Gasteiger partial charge in [0.15, 0.2) is 5.15 Å². The van der Waals surface area contributed by atoms with Crippen LogP contribution in [0.4, 0.5) is 0 Å². The molecule has 3 nitrogen and oxygen atoms in total. The van der Waals surface area contributed by atoms with E-state index in [-0.39, 0.29) is 10.7 Å². The molecule has 48 valence electrons. The largest absolute Gasteiger partial charge is 0.324 e. The molecule has 0 aliphatic carbocycles. The summed E-state index contributed by atoms with van der Waals surface area (Å²) in [5.41, 5.74) is -0.375. The Hall–Kier alpha value is -0.350. The molecule has 0 aliphatic rings. The van der Waals surface area contributed by atoms with Gasteiger partial charge in [0.2, 0.25) is 0 Å². The van der Waals surface area contributed by atoms with Crippen LogP contribution >= 0.6 is 27.5 Å². The molecule has 1 rings (SSSR count). The van der Waals surface area contributed by atoms with Crippen LogP contribution in [0.1, 0.15) is 0 Å². The zero-order chi connectivity index (χ0) is 6.85. The van der Waals surface area contributed by atoms with Gasteiger partial charge in [0, 0.05) is 6.20 Å². The lowest BCUT2D eigenvalue weighted by Crippen LogP contribution is -2.06. The summed E-state index contributed by atoms with van der Waals surface area (Å²) >= 11 is 8.36. The van der Waals surface area contributed by atoms with Crippen LogP contribution in [0.15, 0.2) is 15.6 Å². The molecule has 0 aromatic carbocycles. The summed E-state index contributed by atoms with van der Waals surface area (Å²) in [6, 6.07) is 0. The fourth-order valence-corrected chi connectivity index (χ4v) is 0.901. The van der Waals surface area contributed by atoms with Crippen molar-refractivity contribution in [2.24, 2.45) is 0 Å². The van der Waals surface area contributed by atoms with Gasteiger partial charge in [0.1, 0.15) is 4.60 Å². The Morgan fingerprint density at radius 1 is 1.78 bits per heavy atom. The quantitative estimate of drug-likeness (QED) is 0.697. The number of hydrogen-bond acceptors (Lipinski definition) is 2. The van der Waals surface area contributed by atoms with Crippen molar-refractivity contribution in [2.45, 2.75) is 0 Å². The summed E-state index contributed by atoms with van der Waals surface area (Å²) in [5, 5.41) is -0.0515. The summed E-state index contributed by atoms with van der Waals surface area (Å²) < 4.78 is 0.520. The topological polar surface area (TPSA) is 45.8 Å². The van der Waals surface area contributed by atoms with Crippen LogP contribution in [-0.4, -0.2) is 9.97 Å². The molecule has 1 aromatic heterocycles. The van der Waals surface area contributed by atoms with Gasteiger partial charge in [0.05, 0.1) is 0 Å². The van der Waals surface area contributed by atoms with Crippen molar-refractivity contribution >= 4 is 27.5 Å². The summed E-state index contributed by atoms with van der Waals surface area (Å²) in [4.78, 5) is 16.5. The first-order valence-corrected chi connectivity index (χ1v) is 3.28. The first-order valence-electron chi connectivity index (χ1n) is 2.11. The second-order valence-corrected chi connectivity index (χ2v) is 2.51. The molecule has 9 heavy (non-hydrogen) atoms. The monoisotopic (exact) mass is 208 g/mol. The number of nitrogens with one attached hydrogen (secondary N) is 1. The van der Waals surface area contributed by atoms with E-state index in [4.69, 9.17) is 11.6 Å². The number of aromatic amines is 1. The molecule has 1 heterocycles. The van der Waals surface area contributed by atoms with Gasteiger partial charge in [-0.1, -0.05) is 11.6 Å². The van der Waals surface area contributed by atoms with Gasteiger partial charge in [-0.05, 0) is 15.9 Å². The second kappa shape index (κ2) is 2.49. The second-order valence-electron chi connectivity index (χ2n) is 1.34. The molecular weight excluding hydrogens is 207 g/mol. The van der Waals surface area contributed by atoms with E-state index in [2.05, 4.69) is 25.9 Å². The Morgan fingerprint density at radius 2 is 2.44 bits per heavy atom. The van der Waals surface area contributed by atoms with E-state index in [1.807, 2.05) is 0 Å². The molecule has 0 saturated carbocycles.